The zero-order chi connectivity index (χ0) is 15.7. The Bertz CT molecular complexity index is 252. The predicted octanol–water partition coefficient (Wildman–Crippen LogP) is 3.54. The maximum absolute atomic E-state index is 5.51. The van der Waals surface area contributed by atoms with E-state index in [1.165, 1.54) is 25.7 Å². The molecule has 1 heterocycles. The van der Waals surface area contributed by atoms with Gasteiger partial charge in [-0.1, -0.05) is 41.0 Å². The highest BCUT2D eigenvalue weighted by Gasteiger charge is 2.22. The van der Waals surface area contributed by atoms with Crippen LogP contribution in [0.25, 0.3) is 0 Å². The summed E-state index contributed by atoms with van der Waals surface area (Å²) in [6, 6.07) is 1.34. The molecule has 0 aromatic rings. The molecule has 0 saturated carbocycles. The predicted molar refractivity (Wildman–Crippen MR) is 91.8 cm³/mol. The maximum Gasteiger partial charge on any atom is 0.0594 e. The monoisotopic (exact) mass is 298 g/mol. The van der Waals surface area contributed by atoms with Crippen molar-refractivity contribution in [2.24, 2.45) is 11.8 Å². The summed E-state index contributed by atoms with van der Waals surface area (Å²) in [5.41, 5.74) is 0. The van der Waals surface area contributed by atoms with Gasteiger partial charge in [0.1, 0.15) is 0 Å². The van der Waals surface area contributed by atoms with Crippen LogP contribution in [0.1, 0.15) is 60.3 Å². The molecule has 1 aliphatic rings. The van der Waals surface area contributed by atoms with E-state index in [4.69, 9.17) is 4.74 Å². The maximum atomic E-state index is 5.51. The van der Waals surface area contributed by atoms with Crippen molar-refractivity contribution in [2.45, 2.75) is 72.4 Å². The van der Waals surface area contributed by atoms with Crippen molar-refractivity contribution in [2.75, 3.05) is 32.8 Å². The highest BCUT2D eigenvalue weighted by atomic mass is 16.5. The van der Waals surface area contributed by atoms with E-state index in [2.05, 4.69) is 44.8 Å². The van der Waals surface area contributed by atoms with Crippen molar-refractivity contribution in [3.05, 3.63) is 0 Å². The number of nitrogens with zero attached hydrogens (tertiary/aromatic N) is 1. The fourth-order valence-corrected chi connectivity index (χ4v) is 3.20. The summed E-state index contributed by atoms with van der Waals surface area (Å²) in [5.74, 6) is 1.59. The third-order valence-electron chi connectivity index (χ3n) is 4.82. The van der Waals surface area contributed by atoms with Crippen molar-refractivity contribution < 1.29 is 4.74 Å². The Hall–Kier alpha value is -0.120. The number of hydrogen-bond donors (Lipinski definition) is 1. The zero-order valence-electron chi connectivity index (χ0n) is 15.0. The van der Waals surface area contributed by atoms with Gasteiger partial charge in [0.05, 0.1) is 13.2 Å². The molecule has 21 heavy (non-hydrogen) atoms. The molecule has 1 rings (SSSR count). The first-order valence-electron chi connectivity index (χ1n) is 9.11. The minimum absolute atomic E-state index is 0.667. The lowest BCUT2D eigenvalue weighted by Crippen LogP contribution is -2.50. The lowest BCUT2D eigenvalue weighted by molar-refractivity contribution is 0.0116. The Morgan fingerprint density at radius 1 is 1.00 bits per heavy atom. The number of morpholine rings is 1. The summed E-state index contributed by atoms with van der Waals surface area (Å²) < 4.78 is 5.51. The lowest BCUT2D eigenvalue weighted by Gasteiger charge is -2.36. The van der Waals surface area contributed by atoms with E-state index in [0.29, 0.717) is 12.1 Å². The van der Waals surface area contributed by atoms with Crippen molar-refractivity contribution in [1.29, 1.82) is 0 Å². The van der Waals surface area contributed by atoms with E-state index in [1.807, 2.05) is 0 Å². The fraction of sp³-hybridized carbons (Fsp3) is 1.00. The second-order valence-electron chi connectivity index (χ2n) is 7.19. The number of hydrogen-bond acceptors (Lipinski definition) is 3. The Morgan fingerprint density at radius 3 is 2.19 bits per heavy atom. The largest absolute Gasteiger partial charge is 0.379 e. The molecular weight excluding hydrogens is 260 g/mol. The SMILES string of the molecule is CCC(C)CC(CC)NCC(CC(C)C)N1CCOCC1. The minimum atomic E-state index is 0.667. The molecule has 126 valence electrons. The summed E-state index contributed by atoms with van der Waals surface area (Å²) in [7, 11) is 0. The van der Waals surface area contributed by atoms with E-state index in [-0.39, 0.29) is 0 Å². The lowest BCUT2D eigenvalue weighted by atomic mass is 9.96. The van der Waals surface area contributed by atoms with Gasteiger partial charge < -0.3 is 10.1 Å². The van der Waals surface area contributed by atoms with Crippen molar-refractivity contribution in [1.82, 2.24) is 10.2 Å². The molecule has 3 atom stereocenters. The van der Waals surface area contributed by atoms with Gasteiger partial charge in [-0.15, -0.1) is 0 Å². The molecule has 0 aromatic heterocycles. The van der Waals surface area contributed by atoms with Gasteiger partial charge in [-0.05, 0) is 31.1 Å². The first kappa shape index (κ1) is 18.9. The normalized spacial score (nSPS) is 21.4. The van der Waals surface area contributed by atoms with Gasteiger partial charge in [0.25, 0.3) is 0 Å². The van der Waals surface area contributed by atoms with Crippen LogP contribution >= 0.6 is 0 Å². The van der Waals surface area contributed by atoms with E-state index in [1.54, 1.807) is 0 Å². The molecule has 0 spiro atoms. The van der Waals surface area contributed by atoms with Crippen LogP contribution in [0.3, 0.4) is 0 Å². The third kappa shape index (κ3) is 7.62. The van der Waals surface area contributed by atoms with E-state index >= 15 is 0 Å². The standard InChI is InChI=1S/C18H38N2O/c1-6-16(5)13-17(7-2)19-14-18(12-15(3)4)20-8-10-21-11-9-20/h15-19H,6-14H2,1-5H3. The van der Waals surface area contributed by atoms with Gasteiger partial charge in [-0.25, -0.2) is 0 Å². The molecule has 0 aromatic carbocycles. The highest BCUT2D eigenvalue weighted by molar-refractivity contribution is 4.79. The Balaban J connectivity index is 2.46. The third-order valence-corrected chi connectivity index (χ3v) is 4.82. The highest BCUT2D eigenvalue weighted by Crippen LogP contribution is 2.15. The molecular formula is C18H38N2O. The molecule has 0 amide bonds. The van der Waals surface area contributed by atoms with Gasteiger partial charge in [-0.2, -0.15) is 0 Å². The number of nitrogens with one attached hydrogen (secondary N) is 1. The van der Waals surface area contributed by atoms with Crippen LogP contribution < -0.4 is 5.32 Å². The fourth-order valence-electron chi connectivity index (χ4n) is 3.20. The summed E-state index contributed by atoms with van der Waals surface area (Å²) in [6.45, 7) is 16.8. The molecule has 3 nitrogen and oxygen atoms in total. The van der Waals surface area contributed by atoms with E-state index in [9.17, 15) is 0 Å². The van der Waals surface area contributed by atoms with Gasteiger partial charge in [-0.3, -0.25) is 4.90 Å². The Morgan fingerprint density at radius 2 is 1.67 bits per heavy atom. The summed E-state index contributed by atoms with van der Waals surface area (Å²) in [5, 5.41) is 3.85. The Labute approximate surface area is 132 Å². The van der Waals surface area contributed by atoms with Gasteiger partial charge >= 0.3 is 0 Å². The molecule has 1 saturated heterocycles. The van der Waals surface area contributed by atoms with Crippen LogP contribution in [0.4, 0.5) is 0 Å². The second-order valence-corrected chi connectivity index (χ2v) is 7.19. The second kappa shape index (κ2) is 10.6. The smallest absolute Gasteiger partial charge is 0.0594 e. The average Bonchev–Trinajstić information content (AvgIpc) is 2.50. The first-order chi connectivity index (χ1) is 10.1. The topological polar surface area (TPSA) is 24.5 Å². The van der Waals surface area contributed by atoms with Crippen LogP contribution in [-0.4, -0.2) is 49.8 Å². The summed E-state index contributed by atoms with van der Waals surface area (Å²) in [4.78, 5) is 2.63. The van der Waals surface area contributed by atoms with Gasteiger partial charge in [0.2, 0.25) is 0 Å². The Kier molecular flexibility index (Phi) is 9.54. The van der Waals surface area contributed by atoms with Crippen molar-refractivity contribution >= 4 is 0 Å². The molecule has 1 aliphatic heterocycles. The summed E-state index contributed by atoms with van der Waals surface area (Å²) in [6.07, 6.45) is 5.12. The molecule has 0 bridgehead atoms. The quantitative estimate of drug-likeness (QED) is 0.667. The molecule has 1 fully saturated rings. The zero-order valence-corrected chi connectivity index (χ0v) is 15.0. The van der Waals surface area contributed by atoms with Crippen LogP contribution in [0.15, 0.2) is 0 Å². The number of rotatable bonds is 10. The van der Waals surface area contributed by atoms with Gasteiger partial charge in [0.15, 0.2) is 0 Å². The van der Waals surface area contributed by atoms with Crippen molar-refractivity contribution in [3.8, 4) is 0 Å². The number of ether oxygens (including phenoxy) is 1. The van der Waals surface area contributed by atoms with Crippen LogP contribution in [0, 0.1) is 11.8 Å². The van der Waals surface area contributed by atoms with Crippen LogP contribution in [0.5, 0.6) is 0 Å². The van der Waals surface area contributed by atoms with E-state index in [0.717, 1.165) is 44.7 Å². The van der Waals surface area contributed by atoms with Crippen LogP contribution in [0.2, 0.25) is 0 Å². The molecule has 3 heteroatoms. The average molecular weight is 299 g/mol. The van der Waals surface area contributed by atoms with E-state index < -0.39 is 0 Å². The summed E-state index contributed by atoms with van der Waals surface area (Å²) >= 11 is 0. The molecule has 1 N–H and O–H groups in total. The molecule has 0 radical (unpaired) electrons. The minimum Gasteiger partial charge on any atom is -0.379 e. The van der Waals surface area contributed by atoms with Crippen molar-refractivity contribution in [3.63, 3.8) is 0 Å². The van der Waals surface area contributed by atoms with Crippen LogP contribution in [-0.2, 0) is 4.74 Å². The molecule has 3 unspecified atom stereocenters. The van der Waals surface area contributed by atoms with Gasteiger partial charge in [0, 0.05) is 31.7 Å². The first-order valence-corrected chi connectivity index (χ1v) is 9.11. The molecule has 0 aliphatic carbocycles.